The smallest absolute Gasteiger partial charge is 0.258 e. The minimum absolute atomic E-state index is 0.0113. The molecule has 0 fully saturated rings. The van der Waals surface area contributed by atoms with Gasteiger partial charge < -0.3 is 14.6 Å². The van der Waals surface area contributed by atoms with Gasteiger partial charge in [-0.25, -0.2) is 4.98 Å². The number of nitrogens with one attached hydrogen (secondary N) is 1. The number of carbonyl (C=O) groups excluding carboxylic acids is 1. The molecule has 0 bridgehead atoms. The Kier molecular flexibility index (Phi) is 6.54. The van der Waals surface area contributed by atoms with Gasteiger partial charge in [-0.05, 0) is 50.1 Å². The maximum Gasteiger partial charge on any atom is 0.258 e. The van der Waals surface area contributed by atoms with Crippen molar-refractivity contribution < 1.29 is 9.53 Å². The van der Waals surface area contributed by atoms with Crippen LogP contribution in [-0.4, -0.2) is 33.9 Å². The number of nitrogens with zero attached hydrogens (tertiary/aromatic N) is 2. The molecule has 3 rings (SSSR count). The molecule has 0 spiro atoms. The SMILES string of the molecule is COc1ccc(CCC(=O)N(Cc2nc3ccccc3c(=O)[nH]2)C(C)C)cc1Cl. The highest BCUT2D eigenvalue weighted by molar-refractivity contribution is 6.32. The van der Waals surface area contributed by atoms with Crippen molar-refractivity contribution in [3.05, 3.63) is 69.2 Å². The Labute approximate surface area is 174 Å². The second-order valence-electron chi connectivity index (χ2n) is 7.11. The lowest BCUT2D eigenvalue weighted by Gasteiger charge is -2.26. The van der Waals surface area contributed by atoms with Crippen LogP contribution in [0.25, 0.3) is 10.9 Å². The average molecular weight is 414 g/mol. The highest BCUT2D eigenvalue weighted by Gasteiger charge is 2.19. The van der Waals surface area contributed by atoms with Gasteiger partial charge >= 0.3 is 0 Å². The number of fused-ring (bicyclic) bond motifs is 1. The first-order valence-corrected chi connectivity index (χ1v) is 9.86. The predicted octanol–water partition coefficient (Wildman–Crippen LogP) is 3.95. The third-order valence-corrected chi connectivity index (χ3v) is 5.06. The molecule has 7 heteroatoms. The molecule has 152 valence electrons. The van der Waals surface area contributed by atoms with Crippen molar-refractivity contribution in [2.75, 3.05) is 7.11 Å². The van der Waals surface area contributed by atoms with E-state index in [1.165, 1.54) is 0 Å². The molecule has 1 heterocycles. The number of ether oxygens (including phenoxy) is 1. The van der Waals surface area contributed by atoms with Gasteiger partial charge in [0.1, 0.15) is 11.6 Å². The Morgan fingerprint density at radius 2 is 2.00 bits per heavy atom. The Balaban J connectivity index is 1.73. The fraction of sp³-hybridized carbons (Fsp3) is 0.318. The van der Waals surface area contributed by atoms with E-state index in [4.69, 9.17) is 16.3 Å². The number of carbonyl (C=O) groups is 1. The summed E-state index contributed by atoms with van der Waals surface area (Å²) >= 11 is 6.17. The maximum atomic E-state index is 12.9. The number of halogens is 1. The van der Waals surface area contributed by atoms with Gasteiger partial charge in [0.05, 0.1) is 29.6 Å². The first-order valence-electron chi connectivity index (χ1n) is 9.49. The number of rotatable bonds is 7. The van der Waals surface area contributed by atoms with Crippen LogP contribution < -0.4 is 10.3 Å². The van der Waals surface area contributed by atoms with Crippen LogP contribution >= 0.6 is 11.6 Å². The second-order valence-corrected chi connectivity index (χ2v) is 7.52. The molecule has 0 aliphatic carbocycles. The first kappa shape index (κ1) is 20.9. The van der Waals surface area contributed by atoms with Crippen molar-refractivity contribution in [3.63, 3.8) is 0 Å². The number of methoxy groups -OCH3 is 1. The van der Waals surface area contributed by atoms with E-state index in [1.54, 1.807) is 36.3 Å². The molecule has 2 aromatic carbocycles. The number of para-hydroxylation sites is 1. The summed E-state index contributed by atoms with van der Waals surface area (Å²) in [5, 5.41) is 1.06. The molecule has 0 radical (unpaired) electrons. The maximum absolute atomic E-state index is 12.9. The summed E-state index contributed by atoms with van der Waals surface area (Å²) in [6.45, 7) is 4.14. The lowest BCUT2D eigenvalue weighted by Crippen LogP contribution is -2.37. The molecule has 0 saturated heterocycles. The molecule has 0 atom stereocenters. The summed E-state index contributed by atoms with van der Waals surface area (Å²) in [5.74, 6) is 1.07. The van der Waals surface area contributed by atoms with Gasteiger partial charge in [-0.1, -0.05) is 29.8 Å². The van der Waals surface area contributed by atoms with Crippen molar-refractivity contribution in [2.24, 2.45) is 0 Å². The van der Waals surface area contributed by atoms with Gasteiger partial charge in [-0.2, -0.15) is 0 Å². The van der Waals surface area contributed by atoms with E-state index < -0.39 is 0 Å². The van der Waals surface area contributed by atoms with Gasteiger partial charge in [0.25, 0.3) is 5.56 Å². The monoisotopic (exact) mass is 413 g/mol. The summed E-state index contributed by atoms with van der Waals surface area (Å²) < 4.78 is 5.16. The lowest BCUT2D eigenvalue weighted by atomic mass is 10.1. The number of amides is 1. The first-order chi connectivity index (χ1) is 13.9. The molecule has 0 unspecified atom stereocenters. The van der Waals surface area contributed by atoms with E-state index in [-0.39, 0.29) is 24.1 Å². The van der Waals surface area contributed by atoms with Crippen LogP contribution in [0.2, 0.25) is 5.02 Å². The van der Waals surface area contributed by atoms with Crippen molar-refractivity contribution in [3.8, 4) is 5.75 Å². The van der Waals surface area contributed by atoms with Gasteiger partial charge in [-0.15, -0.1) is 0 Å². The zero-order valence-corrected chi connectivity index (χ0v) is 17.5. The molecule has 1 aromatic heterocycles. The van der Waals surface area contributed by atoms with Crippen LogP contribution in [0, 0.1) is 0 Å². The van der Waals surface area contributed by atoms with Gasteiger partial charge in [0, 0.05) is 12.5 Å². The largest absolute Gasteiger partial charge is 0.495 e. The molecule has 29 heavy (non-hydrogen) atoms. The van der Waals surface area contributed by atoms with E-state index in [9.17, 15) is 9.59 Å². The Hall–Kier alpha value is -2.86. The Bertz CT molecular complexity index is 1080. The van der Waals surface area contributed by atoms with E-state index in [1.807, 2.05) is 32.0 Å². The number of hydrogen-bond donors (Lipinski definition) is 1. The van der Waals surface area contributed by atoms with Crippen molar-refractivity contribution >= 4 is 28.4 Å². The van der Waals surface area contributed by atoms with Crippen LogP contribution in [0.5, 0.6) is 5.75 Å². The van der Waals surface area contributed by atoms with Gasteiger partial charge in [0.15, 0.2) is 0 Å². The molecule has 3 aromatic rings. The van der Waals surface area contributed by atoms with E-state index in [2.05, 4.69) is 9.97 Å². The van der Waals surface area contributed by atoms with Crippen LogP contribution in [0.4, 0.5) is 0 Å². The molecule has 0 aliphatic heterocycles. The van der Waals surface area contributed by atoms with Crippen LogP contribution in [0.15, 0.2) is 47.3 Å². The van der Waals surface area contributed by atoms with Crippen molar-refractivity contribution in [2.45, 2.75) is 39.3 Å². The summed E-state index contributed by atoms with van der Waals surface area (Å²) in [6, 6.07) is 12.7. The number of H-pyrrole nitrogens is 1. The molecule has 0 aliphatic rings. The summed E-state index contributed by atoms with van der Waals surface area (Å²) in [4.78, 5) is 34.2. The predicted molar refractivity (Wildman–Crippen MR) is 114 cm³/mol. The second kappa shape index (κ2) is 9.09. The van der Waals surface area contributed by atoms with Crippen LogP contribution in [0.1, 0.15) is 31.7 Å². The van der Waals surface area contributed by atoms with Gasteiger partial charge in [-0.3, -0.25) is 9.59 Å². The summed E-state index contributed by atoms with van der Waals surface area (Å²) in [6.07, 6.45) is 0.895. The fourth-order valence-corrected chi connectivity index (χ4v) is 3.47. The summed E-state index contributed by atoms with van der Waals surface area (Å²) in [7, 11) is 1.57. The number of aryl methyl sites for hydroxylation is 1. The van der Waals surface area contributed by atoms with E-state index in [0.717, 1.165) is 5.56 Å². The molecule has 1 amide bonds. The average Bonchev–Trinajstić information content (AvgIpc) is 2.70. The minimum Gasteiger partial charge on any atom is -0.495 e. The quantitative estimate of drug-likeness (QED) is 0.636. The topological polar surface area (TPSA) is 75.3 Å². The third-order valence-electron chi connectivity index (χ3n) is 4.77. The van der Waals surface area contributed by atoms with E-state index >= 15 is 0 Å². The zero-order chi connectivity index (χ0) is 21.0. The Morgan fingerprint density at radius 1 is 1.24 bits per heavy atom. The molecule has 6 nitrogen and oxygen atoms in total. The van der Waals surface area contributed by atoms with Gasteiger partial charge in [0.2, 0.25) is 5.91 Å². The number of hydrogen-bond acceptors (Lipinski definition) is 4. The van der Waals surface area contributed by atoms with Crippen molar-refractivity contribution in [1.82, 2.24) is 14.9 Å². The standard InChI is InChI=1S/C22H24ClN3O3/c1-14(2)26(13-20-24-18-7-5-4-6-16(18)22(28)25-20)21(27)11-9-15-8-10-19(29-3)17(23)12-15/h4-8,10,12,14H,9,11,13H2,1-3H3,(H,24,25,28). The van der Waals surface area contributed by atoms with E-state index in [0.29, 0.717) is 40.3 Å². The Morgan fingerprint density at radius 3 is 2.69 bits per heavy atom. The molecular weight excluding hydrogens is 390 g/mol. The highest BCUT2D eigenvalue weighted by Crippen LogP contribution is 2.25. The molecule has 0 saturated carbocycles. The lowest BCUT2D eigenvalue weighted by molar-refractivity contribution is -0.133. The zero-order valence-electron chi connectivity index (χ0n) is 16.7. The number of aromatic amines is 1. The van der Waals surface area contributed by atoms with Crippen LogP contribution in [0.3, 0.4) is 0 Å². The molecular formula is C22H24ClN3O3. The summed E-state index contributed by atoms with van der Waals surface area (Å²) in [5.41, 5.74) is 1.38. The fourth-order valence-electron chi connectivity index (χ4n) is 3.19. The van der Waals surface area contributed by atoms with Crippen molar-refractivity contribution in [1.29, 1.82) is 0 Å². The highest BCUT2D eigenvalue weighted by atomic mass is 35.5. The third kappa shape index (κ3) is 4.95. The number of aromatic nitrogens is 2. The molecule has 1 N–H and O–H groups in total. The van der Waals surface area contributed by atoms with Crippen LogP contribution in [-0.2, 0) is 17.8 Å². The number of benzene rings is 2. The minimum atomic E-state index is -0.199. The normalized spacial score (nSPS) is 11.1.